The molecule has 0 aliphatic carbocycles. The summed E-state index contributed by atoms with van der Waals surface area (Å²) >= 11 is 0. The lowest BCUT2D eigenvalue weighted by atomic mass is 9.99. The van der Waals surface area contributed by atoms with Crippen LogP contribution in [0.25, 0.3) is 0 Å². The standard InChI is InChI=1S/C24H19NO4/c1-15-20-13-18(9-12-21(20)25-24(15)28)22(26)14-29-19-10-7-17(8-11-19)23(27)16-5-3-2-4-6-16/h2-13,15H,14H2,1H3,(H,25,28)/t15-/m0/s1. The molecule has 1 heterocycles. The number of hydrogen-bond acceptors (Lipinski definition) is 4. The fourth-order valence-electron chi connectivity index (χ4n) is 3.28. The predicted octanol–water partition coefficient (Wildman–Crippen LogP) is 4.23. The molecule has 0 saturated heterocycles. The molecule has 0 spiro atoms. The molecule has 144 valence electrons. The molecule has 0 aromatic heterocycles. The van der Waals surface area contributed by atoms with Crippen molar-refractivity contribution in [3.63, 3.8) is 0 Å². The van der Waals surface area contributed by atoms with Gasteiger partial charge in [-0.2, -0.15) is 0 Å². The number of amides is 1. The van der Waals surface area contributed by atoms with Crippen LogP contribution >= 0.6 is 0 Å². The van der Waals surface area contributed by atoms with Crippen LogP contribution in [0.3, 0.4) is 0 Å². The van der Waals surface area contributed by atoms with Gasteiger partial charge in [-0.15, -0.1) is 0 Å². The first-order chi connectivity index (χ1) is 14.0. The average molecular weight is 385 g/mol. The Hall–Kier alpha value is -3.73. The fourth-order valence-corrected chi connectivity index (χ4v) is 3.28. The second kappa shape index (κ2) is 7.72. The van der Waals surface area contributed by atoms with Crippen molar-refractivity contribution in [1.82, 2.24) is 0 Å². The lowest BCUT2D eigenvalue weighted by Crippen LogP contribution is -2.12. The Labute approximate surface area is 168 Å². The Morgan fingerprint density at radius 2 is 1.55 bits per heavy atom. The summed E-state index contributed by atoms with van der Waals surface area (Å²) in [5, 5.41) is 2.79. The molecule has 4 rings (SSSR count). The lowest BCUT2D eigenvalue weighted by molar-refractivity contribution is -0.116. The van der Waals surface area contributed by atoms with Crippen LogP contribution in [0.1, 0.15) is 44.7 Å². The summed E-state index contributed by atoms with van der Waals surface area (Å²) in [5.41, 5.74) is 3.25. The third-order valence-electron chi connectivity index (χ3n) is 5.01. The number of fused-ring (bicyclic) bond motifs is 1. The van der Waals surface area contributed by atoms with Crippen molar-refractivity contribution >= 4 is 23.2 Å². The summed E-state index contributed by atoms with van der Waals surface area (Å²) in [6, 6.07) is 20.9. The van der Waals surface area contributed by atoms with Crippen LogP contribution in [0, 0.1) is 0 Å². The second-order valence-electron chi connectivity index (χ2n) is 6.94. The highest BCUT2D eigenvalue weighted by atomic mass is 16.5. The van der Waals surface area contributed by atoms with E-state index in [-0.39, 0.29) is 30.0 Å². The summed E-state index contributed by atoms with van der Waals surface area (Å²) < 4.78 is 5.59. The Bertz CT molecular complexity index is 1090. The molecule has 0 bridgehead atoms. The molecule has 1 aliphatic heterocycles. The smallest absolute Gasteiger partial charge is 0.231 e. The number of rotatable bonds is 6. The third-order valence-corrected chi connectivity index (χ3v) is 5.01. The molecule has 5 heteroatoms. The van der Waals surface area contributed by atoms with E-state index >= 15 is 0 Å². The Morgan fingerprint density at radius 3 is 2.28 bits per heavy atom. The monoisotopic (exact) mass is 385 g/mol. The SMILES string of the molecule is C[C@@H]1C(=O)Nc2ccc(C(=O)COc3ccc(C(=O)c4ccccc4)cc3)cc21. The van der Waals surface area contributed by atoms with Gasteiger partial charge in [-0.05, 0) is 55.0 Å². The third kappa shape index (κ3) is 3.80. The number of ether oxygens (including phenoxy) is 1. The van der Waals surface area contributed by atoms with Crippen LogP contribution in [0.5, 0.6) is 5.75 Å². The van der Waals surface area contributed by atoms with Gasteiger partial charge in [0, 0.05) is 22.4 Å². The van der Waals surface area contributed by atoms with E-state index in [0.717, 1.165) is 11.3 Å². The molecule has 0 unspecified atom stereocenters. The van der Waals surface area contributed by atoms with Crippen LogP contribution in [-0.4, -0.2) is 24.1 Å². The molecular formula is C24H19NO4. The first-order valence-corrected chi connectivity index (χ1v) is 9.33. The van der Waals surface area contributed by atoms with Gasteiger partial charge in [-0.25, -0.2) is 0 Å². The molecular weight excluding hydrogens is 366 g/mol. The van der Waals surface area contributed by atoms with E-state index in [1.165, 1.54) is 0 Å². The van der Waals surface area contributed by atoms with Crippen molar-refractivity contribution in [2.45, 2.75) is 12.8 Å². The number of Topliss-reactive ketones (excluding diaryl/α,β-unsaturated/α-hetero) is 1. The Kier molecular flexibility index (Phi) is 4.96. The van der Waals surface area contributed by atoms with Gasteiger partial charge in [0.1, 0.15) is 5.75 Å². The van der Waals surface area contributed by atoms with E-state index in [4.69, 9.17) is 4.74 Å². The highest BCUT2D eigenvalue weighted by molar-refractivity contribution is 6.09. The molecule has 0 radical (unpaired) electrons. The number of hydrogen-bond donors (Lipinski definition) is 1. The fraction of sp³-hybridized carbons (Fsp3) is 0.125. The molecule has 29 heavy (non-hydrogen) atoms. The van der Waals surface area contributed by atoms with Gasteiger partial charge >= 0.3 is 0 Å². The van der Waals surface area contributed by atoms with E-state index in [2.05, 4.69) is 5.32 Å². The summed E-state index contributed by atoms with van der Waals surface area (Å²) in [6.07, 6.45) is 0. The van der Waals surface area contributed by atoms with Crippen molar-refractivity contribution in [1.29, 1.82) is 0 Å². The number of nitrogens with one attached hydrogen (secondary N) is 1. The zero-order valence-electron chi connectivity index (χ0n) is 15.8. The second-order valence-corrected chi connectivity index (χ2v) is 6.94. The predicted molar refractivity (Wildman–Crippen MR) is 110 cm³/mol. The molecule has 1 aliphatic rings. The molecule has 3 aromatic carbocycles. The van der Waals surface area contributed by atoms with Crippen molar-refractivity contribution in [2.75, 3.05) is 11.9 Å². The van der Waals surface area contributed by atoms with Gasteiger partial charge in [-0.1, -0.05) is 30.3 Å². The number of ketones is 2. The maximum Gasteiger partial charge on any atom is 0.231 e. The van der Waals surface area contributed by atoms with E-state index in [1.54, 1.807) is 54.6 Å². The van der Waals surface area contributed by atoms with Gasteiger partial charge in [0.25, 0.3) is 0 Å². The Morgan fingerprint density at radius 1 is 0.897 bits per heavy atom. The van der Waals surface area contributed by atoms with Crippen LogP contribution in [0.15, 0.2) is 72.8 Å². The largest absolute Gasteiger partial charge is 0.485 e. The quantitative estimate of drug-likeness (QED) is 0.645. The van der Waals surface area contributed by atoms with Crippen LogP contribution in [-0.2, 0) is 4.79 Å². The highest BCUT2D eigenvalue weighted by Crippen LogP contribution is 2.32. The first kappa shape index (κ1) is 18.6. The molecule has 0 fully saturated rings. The maximum absolute atomic E-state index is 12.5. The molecule has 1 atom stereocenters. The average Bonchev–Trinajstić information content (AvgIpc) is 3.05. The van der Waals surface area contributed by atoms with Crippen LogP contribution in [0.2, 0.25) is 0 Å². The zero-order valence-corrected chi connectivity index (χ0v) is 15.8. The Balaban J connectivity index is 1.40. The van der Waals surface area contributed by atoms with Gasteiger partial charge < -0.3 is 10.1 Å². The lowest BCUT2D eigenvalue weighted by Gasteiger charge is -2.08. The first-order valence-electron chi connectivity index (χ1n) is 9.33. The minimum atomic E-state index is -0.270. The normalized spacial score (nSPS) is 14.8. The number of carbonyl (C=O) groups is 3. The van der Waals surface area contributed by atoms with E-state index in [9.17, 15) is 14.4 Å². The van der Waals surface area contributed by atoms with Crippen molar-refractivity contribution in [3.05, 3.63) is 95.1 Å². The molecule has 1 amide bonds. The molecule has 3 aromatic rings. The van der Waals surface area contributed by atoms with Crippen molar-refractivity contribution in [3.8, 4) is 5.75 Å². The van der Waals surface area contributed by atoms with Gasteiger partial charge in [0.05, 0.1) is 5.92 Å². The number of anilines is 1. The molecule has 0 saturated carbocycles. The van der Waals surface area contributed by atoms with Crippen molar-refractivity contribution in [2.24, 2.45) is 0 Å². The minimum Gasteiger partial charge on any atom is -0.485 e. The van der Waals surface area contributed by atoms with Gasteiger partial charge in [-0.3, -0.25) is 14.4 Å². The van der Waals surface area contributed by atoms with Crippen LogP contribution < -0.4 is 10.1 Å². The minimum absolute atomic E-state index is 0.0639. The summed E-state index contributed by atoms with van der Waals surface area (Å²) in [6.45, 7) is 1.69. The molecule has 5 nitrogen and oxygen atoms in total. The summed E-state index contributed by atoms with van der Waals surface area (Å²) in [5.74, 6) is -0.0684. The van der Waals surface area contributed by atoms with E-state index in [0.29, 0.717) is 22.4 Å². The maximum atomic E-state index is 12.5. The topological polar surface area (TPSA) is 72.5 Å². The van der Waals surface area contributed by atoms with Gasteiger partial charge in [0.2, 0.25) is 5.91 Å². The molecule has 1 N–H and O–H groups in total. The number of benzene rings is 3. The highest BCUT2D eigenvalue weighted by Gasteiger charge is 2.27. The number of carbonyl (C=O) groups excluding carboxylic acids is 3. The van der Waals surface area contributed by atoms with E-state index < -0.39 is 0 Å². The summed E-state index contributed by atoms with van der Waals surface area (Å²) in [7, 11) is 0. The van der Waals surface area contributed by atoms with Crippen molar-refractivity contribution < 1.29 is 19.1 Å². The zero-order chi connectivity index (χ0) is 20.4. The van der Waals surface area contributed by atoms with Crippen LogP contribution in [0.4, 0.5) is 5.69 Å². The van der Waals surface area contributed by atoms with E-state index in [1.807, 2.05) is 25.1 Å². The summed E-state index contributed by atoms with van der Waals surface area (Å²) in [4.78, 5) is 36.7. The van der Waals surface area contributed by atoms with Gasteiger partial charge in [0.15, 0.2) is 18.2 Å².